The van der Waals surface area contributed by atoms with Crippen LogP contribution in [-0.4, -0.2) is 23.7 Å². The molecule has 0 unspecified atom stereocenters. The highest BCUT2D eigenvalue weighted by Gasteiger charge is 2.18. The first-order valence-corrected chi connectivity index (χ1v) is 5.03. The molecule has 0 saturated carbocycles. The lowest BCUT2D eigenvalue weighted by atomic mass is 10.1. The van der Waals surface area contributed by atoms with Crippen molar-refractivity contribution in [2.24, 2.45) is 0 Å². The number of carbonyl (C=O) groups excluding carboxylic acids is 1. The predicted octanol–water partition coefficient (Wildman–Crippen LogP) is 1.93. The largest absolute Gasteiger partial charge is 0.507 e. The Morgan fingerprint density at radius 3 is 2.44 bits per heavy atom. The Kier molecular flexibility index (Phi) is 3.42. The van der Waals surface area contributed by atoms with Gasteiger partial charge in [0.25, 0.3) is 5.91 Å². The topological polar surface area (TPSA) is 58.6 Å². The standard InChI is InChI=1S/C12H17NO3/c1-12(2,3)13-11(15)9-6-5-8(16-4)7-10(9)14/h5-7,14H,1-4H3,(H,13,15). The molecule has 0 atom stereocenters. The van der Waals surface area contributed by atoms with Crippen molar-refractivity contribution >= 4 is 5.91 Å². The summed E-state index contributed by atoms with van der Waals surface area (Å²) in [5.74, 6) is 0.138. The van der Waals surface area contributed by atoms with Crippen LogP contribution >= 0.6 is 0 Å². The summed E-state index contributed by atoms with van der Waals surface area (Å²) in [6, 6.07) is 4.59. The predicted molar refractivity (Wildman–Crippen MR) is 61.9 cm³/mol. The SMILES string of the molecule is COc1ccc(C(=O)NC(C)(C)C)c(O)c1. The second-order valence-electron chi connectivity index (χ2n) is 4.59. The van der Waals surface area contributed by atoms with Crippen molar-refractivity contribution in [3.05, 3.63) is 23.8 Å². The van der Waals surface area contributed by atoms with Gasteiger partial charge in [-0.05, 0) is 32.9 Å². The van der Waals surface area contributed by atoms with Gasteiger partial charge in [-0.3, -0.25) is 4.79 Å². The zero-order chi connectivity index (χ0) is 12.3. The van der Waals surface area contributed by atoms with Gasteiger partial charge in [-0.25, -0.2) is 0 Å². The normalized spacial score (nSPS) is 11.0. The molecule has 1 aromatic carbocycles. The zero-order valence-corrected chi connectivity index (χ0v) is 10.00. The Morgan fingerprint density at radius 1 is 1.38 bits per heavy atom. The van der Waals surface area contributed by atoms with Gasteiger partial charge in [0.1, 0.15) is 11.5 Å². The molecule has 4 heteroatoms. The van der Waals surface area contributed by atoms with E-state index in [9.17, 15) is 9.90 Å². The number of ether oxygens (including phenoxy) is 1. The number of phenols is 1. The summed E-state index contributed by atoms with van der Waals surface area (Å²) in [5.41, 5.74) is -0.0839. The van der Waals surface area contributed by atoms with Gasteiger partial charge in [0.05, 0.1) is 12.7 Å². The van der Waals surface area contributed by atoms with Crippen molar-refractivity contribution < 1.29 is 14.6 Å². The number of carbonyl (C=O) groups is 1. The molecule has 0 bridgehead atoms. The third-order valence-corrected chi connectivity index (χ3v) is 1.94. The molecule has 88 valence electrons. The van der Waals surface area contributed by atoms with E-state index in [2.05, 4.69) is 5.32 Å². The lowest BCUT2D eigenvalue weighted by molar-refractivity contribution is 0.0917. The first-order valence-electron chi connectivity index (χ1n) is 5.03. The second-order valence-corrected chi connectivity index (χ2v) is 4.59. The van der Waals surface area contributed by atoms with Crippen molar-refractivity contribution in [3.63, 3.8) is 0 Å². The maximum Gasteiger partial charge on any atom is 0.255 e. The Bertz CT molecular complexity index is 394. The average molecular weight is 223 g/mol. The lowest BCUT2D eigenvalue weighted by Crippen LogP contribution is -2.40. The number of amides is 1. The fraction of sp³-hybridized carbons (Fsp3) is 0.417. The van der Waals surface area contributed by atoms with Gasteiger partial charge < -0.3 is 15.2 Å². The molecule has 0 spiro atoms. The third kappa shape index (κ3) is 3.15. The van der Waals surface area contributed by atoms with Crippen LogP contribution in [-0.2, 0) is 0 Å². The smallest absolute Gasteiger partial charge is 0.255 e. The number of hydrogen-bond acceptors (Lipinski definition) is 3. The van der Waals surface area contributed by atoms with E-state index < -0.39 is 0 Å². The van der Waals surface area contributed by atoms with Crippen LogP contribution in [0, 0.1) is 0 Å². The van der Waals surface area contributed by atoms with Gasteiger partial charge in [-0.2, -0.15) is 0 Å². The Morgan fingerprint density at radius 2 is 2.00 bits per heavy atom. The number of benzene rings is 1. The molecule has 0 aromatic heterocycles. The number of rotatable bonds is 2. The maximum atomic E-state index is 11.8. The molecule has 1 amide bonds. The molecule has 1 aromatic rings. The molecule has 0 fully saturated rings. The molecular weight excluding hydrogens is 206 g/mol. The highest BCUT2D eigenvalue weighted by molar-refractivity contribution is 5.97. The van der Waals surface area contributed by atoms with Crippen molar-refractivity contribution in [1.29, 1.82) is 0 Å². The van der Waals surface area contributed by atoms with Gasteiger partial charge in [0.15, 0.2) is 0 Å². The first kappa shape index (κ1) is 12.4. The fourth-order valence-corrected chi connectivity index (χ4v) is 1.24. The minimum Gasteiger partial charge on any atom is -0.507 e. The van der Waals surface area contributed by atoms with E-state index in [0.29, 0.717) is 5.75 Å². The minimum absolute atomic E-state index is 0.0823. The van der Waals surface area contributed by atoms with E-state index in [1.165, 1.54) is 19.2 Å². The summed E-state index contributed by atoms with van der Waals surface area (Å²) in [5, 5.41) is 12.4. The van der Waals surface area contributed by atoms with Crippen molar-refractivity contribution in [1.82, 2.24) is 5.32 Å². The van der Waals surface area contributed by atoms with Gasteiger partial charge in [-0.15, -0.1) is 0 Å². The molecule has 2 N–H and O–H groups in total. The van der Waals surface area contributed by atoms with Crippen LogP contribution in [0.3, 0.4) is 0 Å². The first-order chi connectivity index (χ1) is 7.33. The molecule has 0 aliphatic carbocycles. The zero-order valence-electron chi connectivity index (χ0n) is 10.00. The van der Waals surface area contributed by atoms with Crippen LogP contribution in [0.4, 0.5) is 0 Å². The Labute approximate surface area is 95.2 Å². The number of nitrogens with one attached hydrogen (secondary N) is 1. The molecule has 0 saturated heterocycles. The summed E-state index contributed by atoms with van der Waals surface area (Å²) >= 11 is 0. The van der Waals surface area contributed by atoms with Crippen LogP contribution in [0.5, 0.6) is 11.5 Å². The summed E-state index contributed by atoms with van der Waals surface area (Å²) in [4.78, 5) is 11.8. The number of phenolic OH excluding ortho intramolecular Hbond substituents is 1. The molecule has 0 aliphatic rings. The molecule has 4 nitrogen and oxygen atoms in total. The van der Waals surface area contributed by atoms with E-state index >= 15 is 0 Å². The lowest BCUT2D eigenvalue weighted by Gasteiger charge is -2.20. The average Bonchev–Trinajstić information content (AvgIpc) is 2.14. The molecular formula is C12H17NO3. The van der Waals surface area contributed by atoms with Gasteiger partial charge in [-0.1, -0.05) is 0 Å². The van der Waals surface area contributed by atoms with E-state index in [0.717, 1.165) is 0 Å². The number of methoxy groups -OCH3 is 1. The third-order valence-electron chi connectivity index (χ3n) is 1.94. The highest BCUT2D eigenvalue weighted by atomic mass is 16.5. The van der Waals surface area contributed by atoms with Crippen LogP contribution in [0.2, 0.25) is 0 Å². The maximum absolute atomic E-state index is 11.8. The Hall–Kier alpha value is -1.71. The van der Waals surface area contributed by atoms with Crippen molar-refractivity contribution in [3.8, 4) is 11.5 Å². The quantitative estimate of drug-likeness (QED) is 0.805. The molecule has 1 rings (SSSR count). The summed E-state index contributed by atoms with van der Waals surface area (Å²) in [6.45, 7) is 5.64. The number of aromatic hydroxyl groups is 1. The van der Waals surface area contributed by atoms with Crippen LogP contribution in [0.25, 0.3) is 0 Å². The minimum atomic E-state index is -0.330. The Balaban J connectivity index is 2.93. The van der Waals surface area contributed by atoms with Gasteiger partial charge in [0, 0.05) is 11.6 Å². The van der Waals surface area contributed by atoms with E-state index in [1.807, 2.05) is 20.8 Å². The van der Waals surface area contributed by atoms with Gasteiger partial charge >= 0.3 is 0 Å². The van der Waals surface area contributed by atoms with E-state index in [4.69, 9.17) is 4.74 Å². The molecule has 0 aliphatic heterocycles. The van der Waals surface area contributed by atoms with Crippen LogP contribution in [0.1, 0.15) is 31.1 Å². The molecule has 16 heavy (non-hydrogen) atoms. The molecule has 0 heterocycles. The van der Waals surface area contributed by atoms with Crippen molar-refractivity contribution in [2.75, 3.05) is 7.11 Å². The van der Waals surface area contributed by atoms with Crippen LogP contribution < -0.4 is 10.1 Å². The summed E-state index contributed by atoms with van der Waals surface area (Å²) in [6.07, 6.45) is 0. The highest BCUT2D eigenvalue weighted by Crippen LogP contribution is 2.23. The van der Waals surface area contributed by atoms with E-state index in [1.54, 1.807) is 6.07 Å². The fourth-order valence-electron chi connectivity index (χ4n) is 1.24. The summed E-state index contributed by atoms with van der Waals surface area (Å²) < 4.78 is 4.94. The van der Waals surface area contributed by atoms with E-state index in [-0.39, 0.29) is 22.8 Å². The molecule has 0 radical (unpaired) electrons. The second kappa shape index (κ2) is 4.43. The van der Waals surface area contributed by atoms with Crippen molar-refractivity contribution in [2.45, 2.75) is 26.3 Å². The van der Waals surface area contributed by atoms with Gasteiger partial charge in [0.2, 0.25) is 0 Å². The summed E-state index contributed by atoms with van der Waals surface area (Å²) in [7, 11) is 1.50. The monoisotopic (exact) mass is 223 g/mol. The van der Waals surface area contributed by atoms with Crippen LogP contribution in [0.15, 0.2) is 18.2 Å². The number of hydrogen-bond donors (Lipinski definition) is 2.